The second kappa shape index (κ2) is 10.8. The van der Waals surface area contributed by atoms with Crippen LogP contribution in [0.4, 0.5) is 17.1 Å². The van der Waals surface area contributed by atoms with Gasteiger partial charge in [0.15, 0.2) is 0 Å². The van der Waals surface area contributed by atoms with Crippen LogP contribution in [0.3, 0.4) is 0 Å². The van der Waals surface area contributed by atoms with Gasteiger partial charge in [0.25, 0.3) is 0 Å². The second-order valence-corrected chi connectivity index (χ2v) is 15.1. The third-order valence-corrected chi connectivity index (χ3v) is 12.5. The molecule has 50 heavy (non-hydrogen) atoms. The molecule has 0 aliphatic carbocycles. The van der Waals surface area contributed by atoms with Crippen LogP contribution in [0.15, 0.2) is 170 Å². The number of benzene rings is 8. The lowest BCUT2D eigenvalue weighted by atomic mass is 10.0. The van der Waals surface area contributed by atoms with E-state index in [2.05, 4.69) is 179 Å². The molecule has 0 unspecified atom stereocenters. The monoisotopic (exact) mass is 672 g/mol. The Bertz CT molecular complexity index is 3110. The van der Waals surface area contributed by atoms with Crippen molar-refractivity contribution >= 4 is 113 Å². The van der Waals surface area contributed by atoms with E-state index in [0.29, 0.717) is 0 Å². The number of thiophene rings is 2. The van der Waals surface area contributed by atoms with Crippen LogP contribution in [0.5, 0.6) is 0 Å². The first kappa shape index (κ1) is 28.0. The SMILES string of the molecule is c1ccc(-n2c3ccccc3c3c(N(c4ccc5cc6sc7ccccc7c6cc5c4)c4cccc5c4sc4ccccc45)cccc32)cc1. The largest absolute Gasteiger partial charge is 0.309 e. The van der Waals surface area contributed by atoms with Crippen LogP contribution < -0.4 is 4.90 Å². The average molecular weight is 673 g/mol. The zero-order valence-corrected chi connectivity index (χ0v) is 28.5. The van der Waals surface area contributed by atoms with Gasteiger partial charge in [-0.05, 0) is 83.6 Å². The van der Waals surface area contributed by atoms with Gasteiger partial charge in [-0.3, -0.25) is 0 Å². The fraction of sp³-hybridized carbons (Fsp3) is 0. The smallest absolute Gasteiger partial charge is 0.0640 e. The highest BCUT2D eigenvalue weighted by molar-refractivity contribution is 7.26. The van der Waals surface area contributed by atoms with Gasteiger partial charge in [-0.1, -0.05) is 97.1 Å². The molecular weight excluding hydrogens is 645 g/mol. The Balaban J connectivity index is 1.24. The van der Waals surface area contributed by atoms with Crippen LogP contribution >= 0.6 is 22.7 Å². The highest BCUT2D eigenvalue weighted by Crippen LogP contribution is 2.49. The summed E-state index contributed by atoms with van der Waals surface area (Å²) < 4.78 is 7.66. The lowest BCUT2D eigenvalue weighted by molar-refractivity contribution is 1.18. The summed E-state index contributed by atoms with van der Waals surface area (Å²) in [6, 6.07) is 62.5. The first-order chi connectivity index (χ1) is 24.8. The number of para-hydroxylation sites is 2. The Morgan fingerprint density at radius 2 is 1.06 bits per heavy atom. The van der Waals surface area contributed by atoms with Gasteiger partial charge in [0, 0.05) is 57.8 Å². The number of fused-ring (bicyclic) bond motifs is 10. The van der Waals surface area contributed by atoms with Crippen molar-refractivity contribution in [2.75, 3.05) is 4.90 Å². The van der Waals surface area contributed by atoms with Gasteiger partial charge in [-0.2, -0.15) is 0 Å². The van der Waals surface area contributed by atoms with E-state index in [4.69, 9.17) is 0 Å². The first-order valence-electron chi connectivity index (χ1n) is 16.9. The summed E-state index contributed by atoms with van der Waals surface area (Å²) in [7, 11) is 0. The molecule has 0 aliphatic rings. The van der Waals surface area contributed by atoms with E-state index in [1.54, 1.807) is 0 Å². The van der Waals surface area contributed by atoms with Crippen molar-refractivity contribution in [3.05, 3.63) is 170 Å². The summed E-state index contributed by atoms with van der Waals surface area (Å²) in [6.45, 7) is 0. The molecule has 3 heterocycles. The Labute approximate surface area is 296 Å². The summed E-state index contributed by atoms with van der Waals surface area (Å²) in [4.78, 5) is 2.51. The molecule has 0 saturated heterocycles. The summed E-state index contributed by atoms with van der Waals surface area (Å²) >= 11 is 3.76. The van der Waals surface area contributed by atoms with E-state index in [0.717, 1.165) is 11.4 Å². The van der Waals surface area contributed by atoms with Crippen molar-refractivity contribution in [1.82, 2.24) is 4.57 Å². The van der Waals surface area contributed by atoms with Crippen molar-refractivity contribution in [3.8, 4) is 5.69 Å². The molecule has 0 N–H and O–H groups in total. The lowest BCUT2D eigenvalue weighted by Gasteiger charge is -2.27. The fourth-order valence-corrected chi connectivity index (χ4v) is 10.3. The molecule has 8 aromatic carbocycles. The molecule has 11 rings (SSSR count). The minimum atomic E-state index is 1.14. The second-order valence-electron chi connectivity index (χ2n) is 12.9. The van der Waals surface area contributed by atoms with Crippen molar-refractivity contribution in [2.45, 2.75) is 0 Å². The van der Waals surface area contributed by atoms with E-state index >= 15 is 0 Å². The zero-order chi connectivity index (χ0) is 32.8. The third-order valence-electron chi connectivity index (χ3n) is 10.1. The maximum atomic E-state index is 2.51. The van der Waals surface area contributed by atoms with Gasteiger partial charge in [0.05, 0.1) is 27.1 Å². The fourth-order valence-electron chi connectivity index (χ4n) is 7.95. The highest BCUT2D eigenvalue weighted by atomic mass is 32.1. The van der Waals surface area contributed by atoms with Crippen molar-refractivity contribution in [1.29, 1.82) is 0 Å². The average Bonchev–Trinajstić information content (AvgIpc) is 3.84. The van der Waals surface area contributed by atoms with Gasteiger partial charge in [0.1, 0.15) is 0 Å². The number of aromatic nitrogens is 1. The Morgan fingerprint density at radius 1 is 0.400 bits per heavy atom. The Morgan fingerprint density at radius 3 is 1.92 bits per heavy atom. The van der Waals surface area contributed by atoms with Gasteiger partial charge in [0.2, 0.25) is 0 Å². The molecule has 0 aliphatic heterocycles. The normalized spacial score (nSPS) is 12.0. The van der Waals surface area contributed by atoms with E-state index in [9.17, 15) is 0 Å². The van der Waals surface area contributed by atoms with E-state index < -0.39 is 0 Å². The Kier molecular flexibility index (Phi) is 6.03. The number of rotatable bonds is 4. The summed E-state index contributed by atoms with van der Waals surface area (Å²) in [5, 5.41) is 10.2. The lowest BCUT2D eigenvalue weighted by Crippen LogP contribution is -2.10. The van der Waals surface area contributed by atoms with E-state index in [1.807, 2.05) is 22.7 Å². The minimum Gasteiger partial charge on any atom is -0.309 e. The van der Waals surface area contributed by atoms with Crippen LogP contribution in [-0.2, 0) is 0 Å². The Hall–Kier alpha value is -5.94. The third kappa shape index (κ3) is 4.07. The predicted molar refractivity (Wildman–Crippen MR) is 219 cm³/mol. The number of nitrogens with zero attached hydrogens (tertiary/aromatic N) is 2. The molecule has 0 atom stereocenters. The molecule has 0 spiro atoms. The van der Waals surface area contributed by atoms with Crippen LogP contribution in [0.1, 0.15) is 0 Å². The predicted octanol–water partition coefficient (Wildman–Crippen LogP) is 14.1. The number of hydrogen-bond acceptors (Lipinski definition) is 3. The molecule has 0 bridgehead atoms. The summed E-state index contributed by atoms with van der Waals surface area (Å²) in [6.07, 6.45) is 0. The van der Waals surface area contributed by atoms with Crippen molar-refractivity contribution < 1.29 is 0 Å². The first-order valence-corrected chi connectivity index (χ1v) is 18.6. The van der Waals surface area contributed by atoms with Gasteiger partial charge >= 0.3 is 0 Å². The minimum absolute atomic E-state index is 1.14. The molecule has 11 aromatic rings. The van der Waals surface area contributed by atoms with Gasteiger partial charge < -0.3 is 9.47 Å². The van der Waals surface area contributed by atoms with E-state index in [1.165, 1.54) is 84.3 Å². The molecular formula is C46H28N2S2. The maximum absolute atomic E-state index is 2.51. The summed E-state index contributed by atoms with van der Waals surface area (Å²) in [5.74, 6) is 0. The van der Waals surface area contributed by atoms with Crippen molar-refractivity contribution in [3.63, 3.8) is 0 Å². The maximum Gasteiger partial charge on any atom is 0.0640 e. The number of hydrogen-bond donors (Lipinski definition) is 0. The zero-order valence-electron chi connectivity index (χ0n) is 26.9. The van der Waals surface area contributed by atoms with Crippen LogP contribution in [0.25, 0.3) is 78.6 Å². The van der Waals surface area contributed by atoms with Crippen LogP contribution in [0, 0.1) is 0 Å². The standard InChI is InChI=1S/C46H28N2S2/c1-2-12-31(13-3-1)47-38-18-7-4-16-36(38)45-39(47)19-11-20-40(45)48(41-21-10-17-35-33-14-5-9-23-43(33)50-46(35)41)32-25-24-29-28-44-37(27-30(29)26-32)34-15-6-8-22-42(34)49-44/h1-28H. The highest BCUT2D eigenvalue weighted by Gasteiger charge is 2.23. The quantitative estimate of drug-likeness (QED) is 0.181. The number of anilines is 3. The van der Waals surface area contributed by atoms with Crippen LogP contribution in [0.2, 0.25) is 0 Å². The molecule has 2 nitrogen and oxygen atoms in total. The molecule has 0 saturated carbocycles. The van der Waals surface area contributed by atoms with Crippen molar-refractivity contribution in [2.24, 2.45) is 0 Å². The molecule has 0 amide bonds. The topological polar surface area (TPSA) is 8.17 Å². The van der Waals surface area contributed by atoms with E-state index in [-0.39, 0.29) is 0 Å². The summed E-state index contributed by atoms with van der Waals surface area (Å²) in [5.41, 5.74) is 7.05. The molecule has 4 heteroatoms. The van der Waals surface area contributed by atoms with Crippen LogP contribution in [-0.4, -0.2) is 4.57 Å². The molecule has 0 radical (unpaired) electrons. The molecule has 234 valence electrons. The molecule has 3 aromatic heterocycles. The van der Waals surface area contributed by atoms with Gasteiger partial charge in [-0.25, -0.2) is 0 Å². The molecule has 0 fully saturated rings. The van der Waals surface area contributed by atoms with Gasteiger partial charge in [-0.15, -0.1) is 22.7 Å².